The summed E-state index contributed by atoms with van der Waals surface area (Å²) in [5, 5.41) is 3.92. The fourth-order valence-corrected chi connectivity index (χ4v) is 3.52. The number of rotatable bonds is 5. The molecule has 0 aliphatic rings. The number of carbonyl (C=O) groups excluding carboxylic acids is 1. The van der Waals surface area contributed by atoms with Crippen molar-refractivity contribution in [3.8, 4) is 10.6 Å². The molecular formula is C20H20N2OS. The van der Waals surface area contributed by atoms with Crippen LogP contribution in [0, 0.1) is 6.92 Å². The summed E-state index contributed by atoms with van der Waals surface area (Å²) in [4.78, 5) is 17.7. The summed E-state index contributed by atoms with van der Waals surface area (Å²) in [6, 6.07) is 20.2. The van der Waals surface area contributed by atoms with Crippen molar-refractivity contribution in [2.24, 2.45) is 0 Å². The average Bonchev–Trinajstić information content (AvgIpc) is 3.03. The van der Waals surface area contributed by atoms with E-state index >= 15 is 0 Å². The number of aryl methyl sites for hydroxylation is 1. The van der Waals surface area contributed by atoms with Crippen molar-refractivity contribution in [2.75, 3.05) is 6.54 Å². The number of hydrogen-bond acceptors (Lipinski definition) is 3. The lowest BCUT2D eigenvalue weighted by Gasteiger charge is -2.12. The van der Waals surface area contributed by atoms with Crippen molar-refractivity contribution in [1.82, 2.24) is 10.3 Å². The number of benzene rings is 2. The van der Waals surface area contributed by atoms with Crippen molar-refractivity contribution in [3.63, 3.8) is 0 Å². The Balaban J connectivity index is 1.68. The number of hydrogen-bond donors (Lipinski definition) is 1. The van der Waals surface area contributed by atoms with E-state index in [1.165, 1.54) is 16.9 Å². The van der Waals surface area contributed by atoms with Crippen molar-refractivity contribution in [3.05, 3.63) is 76.8 Å². The second-order valence-electron chi connectivity index (χ2n) is 5.82. The monoisotopic (exact) mass is 336 g/mol. The van der Waals surface area contributed by atoms with Crippen molar-refractivity contribution in [1.29, 1.82) is 0 Å². The first-order valence-electron chi connectivity index (χ1n) is 8.01. The highest BCUT2D eigenvalue weighted by Crippen LogP contribution is 2.27. The smallest absolute Gasteiger partial charge is 0.263 e. The van der Waals surface area contributed by atoms with Gasteiger partial charge >= 0.3 is 0 Å². The van der Waals surface area contributed by atoms with Crippen LogP contribution in [-0.2, 0) is 0 Å². The topological polar surface area (TPSA) is 42.0 Å². The minimum atomic E-state index is -0.0463. The largest absolute Gasteiger partial charge is 0.351 e. The number of nitrogens with one attached hydrogen (secondary N) is 1. The van der Waals surface area contributed by atoms with Crippen LogP contribution in [0.4, 0.5) is 0 Å². The molecule has 3 aromatic rings. The van der Waals surface area contributed by atoms with Crippen molar-refractivity contribution < 1.29 is 4.79 Å². The third-order valence-corrected chi connectivity index (χ3v) is 5.17. The van der Waals surface area contributed by atoms with Gasteiger partial charge in [0.25, 0.3) is 5.91 Å². The van der Waals surface area contributed by atoms with Gasteiger partial charge in [0.15, 0.2) is 0 Å². The second-order valence-corrected chi connectivity index (χ2v) is 6.82. The molecule has 0 aliphatic heterocycles. The van der Waals surface area contributed by atoms with Gasteiger partial charge in [-0.1, -0.05) is 67.6 Å². The minimum Gasteiger partial charge on any atom is -0.351 e. The second kappa shape index (κ2) is 7.41. The normalized spacial score (nSPS) is 11.9. The Morgan fingerprint density at radius 3 is 2.38 bits per heavy atom. The molecule has 0 saturated carbocycles. The van der Waals surface area contributed by atoms with Gasteiger partial charge in [-0.15, -0.1) is 11.3 Å². The molecule has 3 rings (SSSR count). The molecule has 24 heavy (non-hydrogen) atoms. The number of carbonyl (C=O) groups is 1. The number of aromatic nitrogens is 1. The van der Waals surface area contributed by atoms with E-state index in [1.807, 2.05) is 55.5 Å². The fraction of sp³-hybridized carbons (Fsp3) is 0.200. The maximum absolute atomic E-state index is 12.5. The average molecular weight is 336 g/mol. The molecule has 1 N–H and O–H groups in total. The Kier molecular flexibility index (Phi) is 5.06. The van der Waals surface area contributed by atoms with Gasteiger partial charge in [-0.2, -0.15) is 0 Å². The third kappa shape index (κ3) is 3.71. The molecule has 1 aromatic heterocycles. The molecule has 0 spiro atoms. The Hall–Kier alpha value is -2.46. The molecular weight excluding hydrogens is 316 g/mol. The predicted molar refractivity (Wildman–Crippen MR) is 99.5 cm³/mol. The van der Waals surface area contributed by atoms with Crippen LogP contribution in [0.15, 0.2) is 60.7 Å². The van der Waals surface area contributed by atoms with Crippen molar-refractivity contribution in [2.45, 2.75) is 19.8 Å². The highest BCUT2D eigenvalue weighted by Gasteiger charge is 2.17. The van der Waals surface area contributed by atoms with Crippen LogP contribution in [-0.4, -0.2) is 17.4 Å². The van der Waals surface area contributed by atoms with Crippen LogP contribution in [0.3, 0.4) is 0 Å². The summed E-state index contributed by atoms with van der Waals surface area (Å²) < 4.78 is 0. The van der Waals surface area contributed by atoms with Gasteiger partial charge in [0.1, 0.15) is 9.88 Å². The van der Waals surface area contributed by atoms with Gasteiger partial charge in [-0.05, 0) is 18.4 Å². The molecule has 3 nitrogen and oxygen atoms in total. The Bertz CT molecular complexity index is 812. The Labute approximate surface area is 146 Å². The first-order chi connectivity index (χ1) is 11.6. The molecule has 0 unspecified atom stereocenters. The van der Waals surface area contributed by atoms with Crippen LogP contribution < -0.4 is 5.32 Å². The molecule has 0 fully saturated rings. The van der Waals surface area contributed by atoms with Crippen LogP contribution in [0.2, 0.25) is 0 Å². The van der Waals surface area contributed by atoms with Gasteiger partial charge in [-0.3, -0.25) is 4.79 Å². The van der Waals surface area contributed by atoms with Crippen molar-refractivity contribution >= 4 is 17.2 Å². The highest BCUT2D eigenvalue weighted by atomic mass is 32.1. The number of thiazole rings is 1. The molecule has 4 heteroatoms. The lowest BCUT2D eigenvalue weighted by molar-refractivity contribution is 0.0955. The molecule has 0 bridgehead atoms. The molecule has 2 aromatic carbocycles. The quantitative estimate of drug-likeness (QED) is 0.737. The summed E-state index contributed by atoms with van der Waals surface area (Å²) in [5.41, 5.74) is 3.05. The summed E-state index contributed by atoms with van der Waals surface area (Å²) in [5.74, 6) is 0.229. The molecule has 1 atom stereocenters. The standard InChI is InChI=1S/C20H20N2OS/c1-14(16-9-5-3-6-10-16)13-21-19(23)18-15(2)22-20(24-18)17-11-7-4-8-12-17/h3-12,14H,13H2,1-2H3,(H,21,23)/t14-/m1/s1. The predicted octanol–water partition coefficient (Wildman–Crippen LogP) is 4.65. The van der Waals surface area contributed by atoms with E-state index < -0.39 is 0 Å². The maximum atomic E-state index is 12.5. The first-order valence-corrected chi connectivity index (χ1v) is 8.83. The van der Waals surface area contributed by atoms with Gasteiger partial charge in [0.2, 0.25) is 0 Å². The fourth-order valence-electron chi connectivity index (χ4n) is 2.54. The Morgan fingerprint density at radius 2 is 1.71 bits per heavy atom. The molecule has 0 radical (unpaired) electrons. The summed E-state index contributed by atoms with van der Waals surface area (Å²) >= 11 is 1.45. The minimum absolute atomic E-state index is 0.0463. The molecule has 1 amide bonds. The van der Waals surface area contributed by atoms with E-state index in [9.17, 15) is 4.79 Å². The van der Waals surface area contributed by atoms with E-state index in [-0.39, 0.29) is 11.8 Å². The highest BCUT2D eigenvalue weighted by molar-refractivity contribution is 7.17. The lowest BCUT2D eigenvalue weighted by Crippen LogP contribution is -2.27. The van der Waals surface area contributed by atoms with Gasteiger partial charge in [-0.25, -0.2) is 4.98 Å². The van der Waals surface area contributed by atoms with Gasteiger partial charge in [0, 0.05) is 12.1 Å². The summed E-state index contributed by atoms with van der Waals surface area (Å²) in [6.07, 6.45) is 0. The van der Waals surface area contributed by atoms with E-state index in [1.54, 1.807) is 0 Å². The van der Waals surface area contributed by atoms with Gasteiger partial charge in [0.05, 0.1) is 5.69 Å². The van der Waals surface area contributed by atoms with Crippen LogP contribution in [0.5, 0.6) is 0 Å². The third-order valence-electron chi connectivity index (χ3n) is 3.96. The number of nitrogens with zero attached hydrogens (tertiary/aromatic N) is 1. The van der Waals surface area contributed by atoms with E-state index in [4.69, 9.17) is 0 Å². The first kappa shape index (κ1) is 16.4. The Morgan fingerprint density at radius 1 is 1.08 bits per heavy atom. The maximum Gasteiger partial charge on any atom is 0.263 e. The van der Waals surface area contributed by atoms with Crippen LogP contribution in [0.1, 0.15) is 33.8 Å². The molecule has 0 saturated heterocycles. The zero-order valence-electron chi connectivity index (χ0n) is 13.8. The number of amides is 1. The SMILES string of the molecule is Cc1nc(-c2ccccc2)sc1C(=O)NC[C@@H](C)c1ccccc1. The lowest BCUT2D eigenvalue weighted by atomic mass is 10.0. The molecule has 1 heterocycles. The van der Waals surface area contributed by atoms with Crippen LogP contribution >= 0.6 is 11.3 Å². The zero-order chi connectivity index (χ0) is 16.9. The van der Waals surface area contributed by atoms with Crippen LogP contribution in [0.25, 0.3) is 10.6 Å². The van der Waals surface area contributed by atoms with E-state index in [0.717, 1.165) is 16.3 Å². The molecule has 122 valence electrons. The summed E-state index contributed by atoms with van der Waals surface area (Å²) in [7, 11) is 0. The summed E-state index contributed by atoms with van der Waals surface area (Å²) in [6.45, 7) is 4.61. The molecule has 0 aliphatic carbocycles. The van der Waals surface area contributed by atoms with Gasteiger partial charge < -0.3 is 5.32 Å². The van der Waals surface area contributed by atoms with E-state index in [2.05, 4.69) is 29.4 Å². The van der Waals surface area contributed by atoms with E-state index in [0.29, 0.717) is 11.4 Å². The zero-order valence-corrected chi connectivity index (χ0v) is 14.6.